The summed E-state index contributed by atoms with van der Waals surface area (Å²) in [5, 5.41) is 2.78. The highest BCUT2D eigenvalue weighted by molar-refractivity contribution is 9.10. The molecule has 0 spiro atoms. The van der Waals surface area contributed by atoms with Crippen LogP contribution in [0.15, 0.2) is 46.9 Å². The van der Waals surface area contributed by atoms with E-state index in [2.05, 4.69) is 26.0 Å². The zero-order valence-electron chi connectivity index (χ0n) is 12.1. The third-order valence-electron chi connectivity index (χ3n) is 2.96. The summed E-state index contributed by atoms with van der Waals surface area (Å²) in [7, 11) is -3.39. The van der Waals surface area contributed by atoms with Gasteiger partial charge >= 0.3 is 0 Å². The van der Waals surface area contributed by atoms with Gasteiger partial charge in [0.15, 0.2) is 0 Å². The lowest BCUT2D eigenvalue weighted by Gasteiger charge is -2.12. The maximum atomic E-state index is 12.4. The van der Waals surface area contributed by atoms with Gasteiger partial charge in [-0.2, -0.15) is 0 Å². The van der Waals surface area contributed by atoms with E-state index < -0.39 is 10.0 Å². The first-order chi connectivity index (χ1) is 10.3. The number of benzene rings is 2. The van der Waals surface area contributed by atoms with Crippen molar-refractivity contribution in [3.8, 4) is 0 Å². The van der Waals surface area contributed by atoms with Gasteiger partial charge in [0.2, 0.25) is 10.0 Å². The molecule has 2 rings (SSSR count). The lowest BCUT2D eigenvalue weighted by atomic mass is 10.1. The average Bonchev–Trinajstić information content (AvgIpc) is 2.39. The molecular weight excluding hydrogens is 368 g/mol. The van der Waals surface area contributed by atoms with E-state index in [-0.39, 0.29) is 5.91 Å². The van der Waals surface area contributed by atoms with Gasteiger partial charge in [-0.3, -0.25) is 9.52 Å². The van der Waals surface area contributed by atoms with Gasteiger partial charge in [-0.15, -0.1) is 0 Å². The van der Waals surface area contributed by atoms with Crippen molar-refractivity contribution in [2.75, 3.05) is 16.3 Å². The van der Waals surface area contributed by atoms with Gasteiger partial charge in [0.05, 0.1) is 11.9 Å². The zero-order chi connectivity index (χ0) is 16.3. The van der Waals surface area contributed by atoms with E-state index in [0.29, 0.717) is 22.5 Å². The molecule has 22 heavy (non-hydrogen) atoms. The van der Waals surface area contributed by atoms with Crippen LogP contribution in [0.25, 0.3) is 0 Å². The molecular formula is C15H15BrN2O3S. The molecule has 2 aromatic carbocycles. The number of nitrogens with one attached hydrogen (secondary N) is 2. The summed E-state index contributed by atoms with van der Waals surface area (Å²) in [6.07, 6.45) is 1.07. The Balaban J connectivity index is 2.28. The molecule has 0 aliphatic rings. The number of anilines is 2. The van der Waals surface area contributed by atoms with Crippen molar-refractivity contribution >= 4 is 43.2 Å². The van der Waals surface area contributed by atoms with Gasteiger partial charge in [-0.25, -0.2) is 8.42 Å². The fourth-order valence-corrected chi connectivity index (χ4v) is 2.98. The largest absolute Gasteiger partial charge is 0.322 e. The summed E-state index contributed by atoms with van der Waals surface area (Å²) in [5.74, 6) is -0.298. The first-order valence-corrected chi connectivity index (χ1v) is 9.09. The van der Waals surface area contributed by atoms with Crippen molar-refractivity contribution in [2.45, 2.75) is 6.92 Å². The van der Waals surface area contributed by atoms with E-state index in [4.69, 9.17) is 0 Å². The molecule has 116 valence electrons. The second kappa shape index (κ2) is 6.50. The summed E-state index contributed by atoms with van der Waals surface area (Å²) in [5.41, 5.74) is 2.03. The molecule has 0 atom stereocenters. The number of hydrogen-bond acceptors (Lipinski definition) is 3. The number of carbonyl (C=O) groups is 1. The molecule has 0 bridgehead atoms. The van der Waals surface area contributed by atoms with E-state index in [1.807, 2.05) is 12.1 Å². The molecule has 0 saturated heterocycles. The Morgan fingerprint density at radius 3 is 2.45 bits per heavy atom. The fraction of sp³-hybridized carbons (Fsp3) is 0.133. The Morgan fingerprint density at radius 2 is 1.82 bits per heavy atom. The Hall–Kier alpha value is -1.86. The number of rotatable bonds is 4. The number of hydrogen-bond donors (Lipinski definition) is 2. The van der Waals surface area contributed by atoms with Gasteiger partial charge in [0.1, 0.15) is 0 Å². The van der Waals surface area contributed by atoms with Gasteiger partial charge < -0.3 is 5.32 Å². The van der Waals surface area contributed by atoms with Gasteiger partial charge in [0.25, 0.3) is 5.91 Å². The van der Waals surface area contributed by atoms with Crippen LogP contribution >= 0.6 is 15.9 Å². The Morgan fingerprint density at radius 1 is 1.14 bits per heavy atom. The highest BCUT2D eigenvalue weighted by Gasteiger charge is 2.14. The Labute approximate surface area is 137 Å². The summed E-state index contributed by atoms with van der Waals surface area (Å²) in [6, 6.07) is 12.1. The zero-order valence-corrected chi connectivity index (χ0v) is 14.5. The van der Waals surface area contributed by atoms with E-state index in [9.17, 15) is 13.2 Å². The predicted octanol–water partition coefficient (Wildman–Crippen LogP) is 3.38. The first-order valence-electron chi connectivity index (χ1n) is 6.40. The smallest absolute Gasteiger partial charge is 0.256 e. The molecule has 0 heterocycles. The van der Waals surface area contributed by atoms with Crippen molar-refractivity contribution in [1.29, 1.82) is 0 Å². The Kier molecular flexibility index (Phi) is 4.87. The monoisotopic (exact) mass is 382 g/mol. The van der Waals surface area contributed by atoms with Crippen molar-refractivity contribution < 1.29 is 13.2 Å². The molecule has 0 fully saturated rings. The predicted molar refractivity (Wildman–Crippen MR) is 91.7 cm³/mol. The summed E-state index contributed by atoms with van der Waals surface area (Å²) >= 11 is 3.34. The summed E-state index contributed by atoms with van der Waals surface area (Å²) in [6.45, 7) is 1.70. The van der Waals surface area contributed by atoms with Crippen LogP contribution in [0, 0.1) is 6.92 Å². The standard InChI is InChI=1S/C15H15BrN2O3S/c1-10-13(7-4-8-14(10)18-22(2,20)21)15(19)17-12-6-3-5-11(16)9-12/h3-9,18H,1-2H3,(H,17,19). The van der Waals surface area contributed by atoms with Gasteiger partial charge in [0, 0.05) is 15.7 Å². The fourth-order valence-electron chi connectivity index (χ4n) is 1.96. The molecule has 0 radical (unpaired) electrons. The summed E-state index contributed by atoms with van der Waals surface area (Å²) in [4.78, 5) is 12.4. The highest BCUT2D eigenvalue weighted by Crippen LogP contribution is 2.22. The topological polar surface area (TPSA) is 75.3 Å². The van der Waals surface area contributed by atoms with Crippen LogP contribution in [0.2, 0.25) is 0 Å². The van der Waals surface area contributed by atoms with Crippen LogP contribution in [-0.4, -0.2) is 20.6 Å². The molecule has 0 aromatic heterocycles. The third-order valence-corrected chi connectivity index (χ3v) is 4.04. The number of amides is 1. The molecule has 2 aromatic rings. The molecule has 1 amide bonds. The minimum absolute atomic E-state index is 0.298. The number of halogens is 1. The summed E-state index contributed by atoms with van der Waals surface area (Å²) < 4.78 is 25.9. The quantitative estimate of drug-likeness (QED) is 0.850. The van der Waals surface area contributed by atoms with Crippen molar-refractivity contribution in [2.24, 2.45) is 0 Å². The van der Waals surface area contributed by atoms with Crippen LogP contribution in [-0.2, 0) is 10.0 Å². The minimum Gasteiger partial charge on any atom is -0.322 e. The minimum atomic E-state index is -3.39. The lowest BCUT2D eigenvalue weighted by molar-refractivity contribution is 0.102. The molecule has 0 saturated carbocycles. The van der Waals surface area contributed by atoms with Crippen LogP contribution < -0.4 is 10.0 Å². The van der Waals surface area contributed by atoms with Crippen LogP contribution in [0.1, 0.15) is 15.9 Å². The molecule has 5 nitrogen and oxygen atoms in total. The van der Waals surface area contributed by atoms with Crippen molar-refractivity contribution in [1.82, 2.24) is 0 Å². The molecule has 0 unspecified atom stereocenters. The maximum Gasteiger partial charge on any atom is 0.256 e. The highest BCUT2D eigenvalue weighted by atomic mass is 79.9. The normalized spacial score (nSPS) is 11.0. The Bertz CT molecular complexity index is 819. The van der Waals surface area contributed by atoms with Gasteiger partial charge in [-0.05, 0) is 42.8 Å². The SMILES string of the molecule is Cc1c(NS(C)(=O)=O)cccc1C(=O)Nc1cccc(Br)c1. The van der Waals surface area contributed by atoms with E-state index in [1.54, 1.807) is 37.3 Å². The van der Waals surface area contributed by atoms with E-state index >= 15 is 0 Å². The van der Waals surface area contributed by atoms with Gasteiger partial charge in [-0.1, -0.05) is 28.1 Å². The van der Waals surface area contributed by atoms with Crippen molar-refractivity contribution in [3.63, 3.8) is 0 Å². The molecule has 0 aliphatic carbocycles. The lowest BCUT2D eigenvalue weighted by Crippen LogP contribution is -2.16. The van der Waals surface area contributed by atoms with Crippen LogP contribution in [0.3, 0.4) is 0 Å². The van der Waals surface area contributed by atoms with E-state index in [0.717, 1.165) is 10.7 Å². The first kappa shape index (κ1) is 16.5. The maximum absolute atomic E-state index is 12.4. The second-order valence-electron chi connectivity index (χ2n) is 4.82. The second-order valence-corrected chi connectivity index (χ2v) is 7.48. The average molecular weight is 383 g/mol. The number of carbonyl (C=O) groups excluding carboxylic acids is 1. The molecule has 7 heteroatoms. The van der Waals surface area contributed by atoms with E-state index in [1.165, 1.54) is 0 Å². The molecule has 0 aliphatic heterocycles. The number of sulfonamides is 1. The van der Waals surface area contributed by atoms with Crippen LogP contribution in [0.4, 0.5) is 11.4 Å². The third kappa shape index (κ3) is 4.32. The van der Waals surface area contributed by atoms with Crippen molar-refractivity contribution in [3.05, 3.63) is 58.1 Å². The van der Waals surface area contributed by atoms with Crippen LogP contribution in [0.5, 0.6) is 0 Å². The molecule has 2 N–H and O–H groups in total.